The fourth-order valence-corrected chi connectivity index (χ4v) is 3.03. The number of amides is 1. The van der Waals surface area contributed by atoms with E-state index >= 15 is 0 Å². The van der Waals surface area contributed by atoms with Crippen molar-refractivity contribution in [3.05, 3.63) is 64.3 Å². The standard InChI is InChI=1S/C20H19ClN2O3/c1-12-18(9-10-19(12)24)22-14-5-8-16(17(21)11-14)20(25)23-13-3-6-15(26-2)7-4-13/h3-8,11,22H,9-10H2,1-2H3,(H,23,25). The minimum Gasteiger partial charge on any atom is -0.497 e. The normalized spacial score (nSPS) is 13.7. The monoisotopic (exact) mass is 370 g/mol. The fraction of sp³-hybridized carbons (Fsp3) is 0.200. The molecule has 1 aliphatic rings. The van der Waals surface area contributed by atoms with Gasteiger partial charge in [0.2, 0.25) is 0 Å². The number of rotatable bonds is 5. The van der Waals surface area contributed by atoms with Crippen LogP contribution in [0.15, 0.2) is 53.7 Å². The van der Waals surface area contributed by atoms with Crippen LogP contribution in [0.25, 0.3) is 0 Å². The van der Waals surface area contributed by atoms with E-state index in [1.807, 2.05) is 6.92 Å². The van der Waals surface area contributed by atoms with Crippen molar-refractivity contribution in [2.45, 2.75) is 19.8 Å². The van der Waals surface area contributed by atoms with E-state index in [2.05, 4.69) is 10.6 Å². The summed E-state index contributed by atoms with van der Waals surface area (Å²) in [6.45, 7) is 1.82. The van der Waals surface area contributed by atoms with Crippen LogP contribution >= 0.6 is 11.6 Å². The lowest BCUT2D eigenvalue weighted by Gasteiger charge is -2.11. The molecule has 2 aromatic rings. The predicted molar refractivity (Wildman–Crippen MR) is 103 cm³/mol. The van der Waals surface area contributed by atoms with Gasteiger partial charge in [-0.05, 0) is 55.8 Å². The van der Waals surface area contributed by atoms with E-state index in [4.69, 9.17) is 16.3 Å². The number of benzene rings is 2. The number of allylic oxidation sites excluding steroid dienone is 2. The summed E-state index contributed by atoms with van der Waals surface area (Å²) in [5.74, 6) is 0.582. The first kappa shape index (κ1) is 18.0. The van der Waals surface area contributed by atoms with Gasteiger partial charge in [-0.15, -0.1) is 0 Å². The largest absolute Gasteiger partial charge is 0.497 e. The van der Waals surface area contributed by atoms with Crippen LogP contribution in [0.2, 0.25) is 5.02 Å². The maximum Gasteiger partial charge on any atom is 0.257 e. The minimum absolute atomic E-state index is 0.161. The molecule has 0 heterocycles. The van der Waals surface area contributed by atoms with Crippen molar-refractivity contribution in [1.29, 1.82) is 0 Å². The zero-order valence-electron chi connectivity index (χ0n) is 14.6. The van der Waals surface area contributed by atoms with Crippen LogP contribution in [-0.4, -0.2) is 18.8 Å². The molecule has 5 nitrogen and oxygen atoms in total. The van der Waals surface area contributed by atoms with Crippen LogP contribution in [0.3, 0.4) is 0 Å². The molecular weight excluding hydrogens is 352 g/mol. The molecule has 2 N–H and O–H groups in total. The van der Waals surface area contributed by atoms with Crippen LogP contribution in [-0.2, 0) is 4.79 Å². The Morgan fingerprint density at radius 2 is 1.77 bits per heavy atom. The lowest BCUT2D eigenvalue weighted by atomic mass is 10.1. The molecule has 0 unspecified atom stereocenters. The fourth-order valence-electron chi connectivity index (χ4n) is 2.76. The molecule has 0 fully saturated rings. The molecule has 1 amide bonds. The molecule has 0 bridgehead atoms. The molecule has 0 atom stereocenters. The molecule has 134 valence electrons. The Labute approximate surface area is 157 Å². The summed E-state index contributed by atoms with van der Waals surface area (Å²) in [5.41, 5.74) is 3.43. The summed E-state index contributed by atoms with van der Waals surface area (Å²) in [7, 11) is 1.59. The van der Waals surface area contributed by atoms with Gasteiger partial charge in [0.05, 0.1) is 17.7 Å². The predicted octanol–water partition coefficient (Wildman–Crippen LogP) is 4.65. The highest BCUT2D eigenvalue weighted by atomic mass is 35.5. The highest BCUT2D eigenvalue weighted by Gasteiger charge is 2.19. The molecule has 0 saturated carbocycles. The number of ketones is 1. The van der Waals surface area contributed by atoms with Gasteiger partial charge in [0.1, 0.15) is 5.75 Å². The molecule has 0 spiro atoms. The second kappa shape index (κ2) is 7.62. The zero-order chi connectivity index (χ0) is 18.7. The average molecular weight is 371 g/mol. The number of carbonyl (C=O) groups is 2. The summed E-state index contributed by atoms with van der Waals surface area (Å²) in [5, 5.41) is 6.36. The summed E-state index contributed by atoms with van der Waals surface area (Å²) in [6.07, 6.45) is 1.23. The van der Waals surface area contributed by atoms with Crippen molar-refractivity contribution in [2.24, 2.45) is 0 Å². The highest BCUT2D eigenvalue weighted by Crippen LogP contribution is 2.27. The van der Waals surface area contributed by atoms with E-state index in [0.29, 0.717) is 34.9 Å². The molecule has 3 rings (SSSR count). The van der Waals surface area contributed by atoms with Gasteiger partial charge in [-0.2, -0.15) is 0 Å². The van der Waals surface area contributed by atoms with Crippen LogP contribution < -0.4 is 15.4 Å². The van der Waals surface area contributed by atoms with Crippen molar-refractivity contribution < 1.29 is 14.3 Å². The first-order chi connectivity index (χ1) is 12.5. The van der Waals surface area contributed by atoms with E-state index in [0.717, 1.165) is 17.0 Å². The van der Waals surface area contributed by atoms with Gasteiger partial charge in [0.25, 0.3) is 5.91 Å². The first-order valence-corrected chi connectivity index (χ1v) is 8.60. The molecule has 0 aliphatic heterocycles. The van der Waals surface area contributed by atoms with Gasteiger partial charge in [0, 0.05) is 29.1 Å². The molecule has 0 saturated heterocycles. The molecule has 26 heavy (non-hydrogen) atoms. The van der Waals surface area contributed by atoms with E-state index in [1.165, 1.54) is 0 Å². The number of halogens is 1. The Morgan fingerprint density at radius 3 is 2.35 bits per heavy atom. The topological polar surface area (TPSA) is 67.4 Å². The summed E-state index contributed by atoms with van der Waals surface area (Å²) in [4.78, 5) is 24.1. The zero-order valence-corrected chi connectivity index (χ0v) is 15.3. The van der Waals surface area contributed by atoms with Crippen molar-refractivity contribution >= 4 is 34.7 Å². The van der Waals surface area contributed by atoms with Crippen LogP contribution in [0.5, 0.6) is 5.75 Å². The number of methoxy groups -OCH3 is 1. The van der Waals surface area contributed by atoms with Crippen LogP contribution in [0.1, 0.15) is 30.1 Å². The molecular formula is C20H19ClN2O3. The first-order valence-electron chi connectivity index (χ1n) is 8.23. The Hall–Kier alpha value is -2.79. The van der Waals surface area contributed by atoms with Crippen LogP contribution in [0, 0.1) is 0 Å². The van der Waals surface area contributed by atoms with Gasteiger partial charge >= 0.3 is 0 Å². The van der Waals surface area contributed by atoms with E-state index in [1.54, 1.807) is 49.6 Å². The molecule has 2 aromatic carbocycles. The Balaban J connectivity index is 1.72. The number of nitrogens with one attached hydrogen (secondary N) is 2. The van der Waals surface area contributed by atoms with Gasteiger partial charge in [-0.3, -0.25) is 9.59 Å². The maximum atomic E-state index is 12.4. The van der Waals surface area contributed by atoms with Gasteiger partial charge in [0.15, 0.2) is 5.78 Å². The number of carbonyl (C=O) groups excluding carboxylic acids is 2. The van der Waals surface area contributed by atoms with Crippen molar-refractivity contribution in [3.8, 4) is 5.75 Å². The van der Waals surface area contributed by atoms with E-state index in [-0.39, 0.29) is 11.7 Å². The number of Topliss-reactive ketones (excluding diaryl/α,β-unsaturated/α-hetero) is 1. The smallest absolute Gasteiger partial charge is 0.257 e. The van der Waals surface area contributed by atoms with Crippen molar-refractivity contribution in [2.75, 3.05) is 17.7 Å². The second-order valence-electron chi connectivity index (χ2n) is 6.03. The second-order valence-corrected chi connectivity index (χ2v) is 6.44. The molecule has 0 aromatic heterocycles. The Kier molecular flexibility index (Phi) is 5.28. The molecule has 1 aliphatic carbocycles. The number of hydrogen-bond donors (Lipinski definition) is 2. The highest BCUT2D eigenvalue weighted by molar-refractivity contribution is 6.34. The minimum atomic E-state index is -0.293. The number of hydrogen-bond acceptors (Lipinski definition) is 4. The lowest BCUT2D eigenvalue weighted by molar-refractivity contribution is -0.114. The van der Waals surface area contributed by atoms with Crippen molar-refractivity contribution in [1.82, 2.24) is 0 Å². The number of anilines is 2. The summed E-state index contributed by atoms with van der Waals surface area (Å²) >= 11 is 6.28. The third-order valence-corrected chi connectivity index (χ3v) is 4.64. The Morgan fingerprint density at radius 1 is 1.08 bits per heavy atom. The summed E-state index contributed by atoms with van der Waals surface area (Å²) < 4.78 is 5.09. The van der Waals surface area contributed by atoms with Gasteiger partial charge < -0.3 is 15.4 Å². The van der Waals surface area contributed by atoms with Crippen LogP contribution in [0.4, 0.5) is 11.4 Å². The van der Waals surface area contributed by atoms with E-state index < -0.39 is 0 Å². The SMILES string of the molecule is COc1ccc(NC(=O)c2ccc(NC3=C(C)C(=O)CC3)cc2Cl)cc1. The average Bonchev–Trinajstić information content (AvgIpc) is 2.94. The quantitative estimate of drug-likeness (QED) is 0.803. The maximum absolute atomic E-state index is 12.4. The Bertz CT molecular complexity index is 888. The van der Waals surface area contributed by atoms with Crippen molar-refractivity contribution in [3.63, 3.8) is 0 Å². The molecule has 6 heteroatoms. The van der Waals surface area contributed by atoms with Gasteiger partial charge in [-0.25, -0.2) is 0 Å². The third kappa shape index (κ3) is 3.89. The lowest BCUT2D eigenvalue weighted by Crippen LogP contribution is -2.12. The molecule has 0 radical (unpaired) electrons. The number of ether oxygens (including phenoxy) is 1. The van der Waals surface area contributed by atoms with Gasteiger partial charge in [-0.1, -0.05) is 11.6 Å². The summed E-state index contributed by atoms with van der Waals surface area (Å²) in [6, 6.07) is 12.2. The third-order valence-electron chi connectivity index (χ3n) is 4.33. The van der Waals surface area contributed by atoms with E-state index in [9.17, 15) is 9.59 Å².